The summed E-state index contributed by atoms with van der Waals surface area (Å²) in [6.07, 6.45) is 0.634. The summed E-state index contributed by atoms with van der Waals surface area (Å²) in [7, 11) is 0. The van der Waals surface area contributed by atoms with Crippen molar-refractivity contribution in [3.05, 3.63) is 56.7 Å². The van der Waals surface area contributed by atoms with Crippen LogP contribution in [0.4, 0.5) is 5.82 Å². The Morgan fingerprint density at radius 1 is 1.36 bits per heavy atom. The molecule has 22 heavy (non-hydrogen) atoms. The minimum absolute atomic E-state index is 0.00666. The summed E-state index contributed by atoms with van der Waals surface area (Å²) in [5.41, 5.74) is 1.02. The summed E-state index contributed by atoms with van der Waals surface area (Å²) in [5.74, 6) is -0.767. The van der Waals surface area contributed by atoms with Gasteiger partial charge < -0.3 is 15.4 Å². The van der Waals surface area contributed by atoms with Crippen LogP contribution < -0.4 is 5.32 Å². The molecule has 1 aromatic carbocycles. The molecule has 0 fully saturated rings. The molecule has 0 spiro atoms. The van der Waals surface area contributed by atoms with Gasteiger partial charge in [0.1, 0.15) is 0 Å². The van der Waals surface area contributed by atoms with Crippen molar-refractivity contribution >= 4 is 23.3 Å². The predicted octanol–water partition coefficient (Wildman–Crippen LogP) is 2.97. The Morgan fingerprint density at radius 3 is 2.55 bits per heavy atom. The van der Waals surface area contributed by atoms with Crippen molar-refractivity contribution in [2.45, 2.75) is 20.3 Å². The quantitative estimate of drug-likeness (QED) is 0.652. The fraction of sp³-hybridized carbons (Fsp3) is 0.286. The van der Waals surface area contributed by atoms with E-state index in [2.05, 4.69) is 15.5 Å². The zero-order valence-corrected chi connectivity index (χ0v) is 13.1. The second-order valence-corrected chi connectivity index (χ2v) is 4.46. The van der Waals surface area contributed by atoms with Crippen LogP contribution in [0.2, 0.25) is 5.02 Å². The van der Waals surface area contributed by atoms with Gasteiger partial charge in [0.25, 0.3) is 5.91 Å². The second kappa shape index (κ2) is 8.78. The summed E-state index contributed by atoms with van der Waals surface area (Å²) in [6.45, 7) is 4.40. The molecule has 2 aromatic rings. The first-order valence-corrected chi connectivity index (χ1v) is 7.16. The molecule has 0 aliphatic rings. The average molecular weight is 325 g/mol. The van der Waals surface area contributed by atoms with Crippen molar-refractivity contribution in [1.82, 2.24) is 15.5 Å². The van der Waals surface area contributed by atoms with Crippen LogP contribution in [0.5, 0.6) is 0 Å². The van der Waals surface area contributed by atoms with E-state index in [4.69, 9.17) is 11.6 Å². The normalized spacial score (nSPS) is 9.59. The summed E-state index contributed by atoms with van der Waals surface area (Å²) < 4.78 is 0. The summed E-state index contributed by atoms with van der Waals surface area (Å²) >= 11 is 5.77. The maximum atomic E-state index is 11.7. The number of H-pyrrole nitrogens is 1. The fourth-order valence-electron chi connectivity index (χ4n) is 1.58. The van der Waals surface area contributed by atoms with Crippen LogP contribution in [0, 0.1) is 10.1 Å². The molecule has 1 heterocycles. The highest BCUT2D eigenvalue weighted by Crippen LogP contribution is 2.10. The van der Waals surface area contributed by atoms with E-state index >= 15 is 0 Å². The molecule has 1 aromatic heterocycles. The van der Waals surface area contributed by atoms with Crippen LogP contribution in [-0.4, -0.2) is 27.6 Å². The molecular formula is C14H17ClN4O3. The summed E-state index contributed by atoms with van der Waals surface area (Å²) in [6, 6.07) is 8.38. The molecule has 0 unspecified atom stereocenters. The maximum Gasteiger partial charge on any atom is 0.343 e. The van der Waals surface area contributed by atoms with Crippen molar-refractivity contribution in [2.24, 2.45) is 0 Å². The lowest BCUT2D eigenvalue weighted by molar-refractivity contribution is -0.389. The number of carbonyl (C=O) groups excluding carboxylic acids is 1. The first-order chi connectivity index (χ1) is 10.6. The molecule has 2 rings (SSSR count). The zero-order valence-electron chi connectivity index (χ0n) is 12.3. The highest BCUT2D eigenvalue weighted by Gasteiger charge is 2.15. The van der Waals surface area contributed by atoms with Gasteiger partial charge >= 0.3 is 5.82 Å². The number of aromatic nitrogens is 2. The van der Waals surface area contributed by atoms with Crippen molar-refractivity contribution in [2.75, 3.05) is 6.54 Å². The van der Waals surface area contributed by atoms with Crippen LogP contribution in [0.15, 0.2) is 30.3 Å². The van der Waals surface area contributed by atoms with E-state index in [0.29, 0.717) is 18.0 Å². The van der Waals surface area contributed by atoms with Crippen molar-refractivity contribution in [1.29, 1.82) is 0 Å². The number of amides is 1. The van der Waals surface area contributed by atoms with Crippen molar-refractivity contribution in [3.63, 3.8) is 0 Å². The molecule has 7 nitrogen and oxygen atoms in total. The SMILES string of the molecule is CC.O=C(NCCc1ccc(Cl)cc1)c1cc([N+](=O)[O-])[nH]n1. The molecule has 0 atom stereocenters. The third-order valence-corrected chi connectivity index (χ3v) is 2.86. The Hall–Kier alpha value is -2.41. The van der Waals surface area contributed by atoms with Crippen LogP contribution >= 0.6 is 11.6 Å². The van der Waals surface area contributed by atoms with Gasteiger partial charge in [0.15, 0.2) is 5.69 Å². The van der Waals surface area contributed by atoms with E-state index in [-0.39, 0.29) is 11.5 Å². The number of hydrogen-bond donors (Lipinski definition) is 2. The van der Waals surface area contributed by atoms with Gasteiger partial charge in [-0.15, -0.1) is 5.10 Å². The molecule has 0 saturated carbocycles. The molecule has 0 aliphatic heterocycles. The standard InChI is InChI=1S/C12H11ClN4O3.C2H6/c13-9-3-1-8(2-4-9)5-6-14-12(18)10-7-11(16-15-10)17(19)20;1-2/h1-4,7H,5-6H2,(H,14,18)(H,15,16);1-2H3. The molecule has 118 valence electrons. The minimum Gasteiger partial charge on any atom is -0.358 e. The third-order valence-electron chi connectivity index (χ3n) is 2.61. The highest BCUT2D eigenvalue weighted by atomic mass is 35.5. The van der Waals surface area contributed by atoms with Crippen LogP contribution in [0.3, 0.4) is 0 Å². The van der Waals surface area contributed by atoms with Gasteiger partial charge in [-0.1, -0.05) is 42.7 Å². The van der Waals surface area contributed by atoms with Gasteiger partial charge in [-0.05, 0) is 29.0 Å². The predicted molar refractivity (Wildman–Crippen MR) is 84.1 cm³/mol. The van der Waals surface area contributed by atoms with E-state index in [1.807, 2.05) is 26.0 Å². The maximum absolute atomic E-state index is 11.7. The molecule has 0 saturated heterocycles. The lowest BCUT2D eigenvalue weighted by atomic mass is 10.1. The zero-order chi connectivity index (χ0) is 16.5. The van der Waals surface area contributed by atoms with E-state index in [1.54, 1.807) is 12.1 Å². The fourth-order valence-corrected chi connectivity index (χ4v) is 1.71. The largest absolute Gasteiger partial charge is 0.358 e. The first-order valence-electron chi connectivity index (χ1n) is 6.78. The van der Waals surface area contributed by atoms with Crippen LogP contribution in [0.25, 0.3) is 0 Å². The molecule has 0 aliphatic carbocycles. The van der Waals surface area contributed by atoms with E-state index < -0.39 is 10.8 Å². The molecule has 1 amide bonds. The Kier molecular flexibility index (Phi) is 7.04. The second-order valence-electron chi connectivity index (χ2n) is 4.03. The Morgan fingerprint density at radius 2 is 2.00 bits per heavy atom. The number of halogens is 1. The van der Waals surface area contributed by atoms with Gasteiger partial charge in [-0.3, -0.25) is 4.79 Å². The van der Waals surface area contributed by atoms with E-state index in [1.165, 1.54) is 0 Å². The summed E-state index contributed by atoms with van der Waals surface area (Å²) in [4.78, 5) is 21.5. The molecular weight excluding hydrogens is 308 g/mol. The number of hydrogen-bond acceptors (Lipinski definition) is 4. The number of nitrogens with zero attached hydrogens (tertiary/aromatic N) is 2. The average Bonchev–Trinajstić information content (AvgIpc) is 3.01. The Balaban J connectivity index is 0.00000116. The van der Waals surface area contributed by atoms with Gasteiger partial charge in [0.05, 0.1) is 6.07 Å². The lowest BCUT2D eigenvalue weighted by Gasteiger charge is -2.03. The van der Waals surface area contributed by atoms with Gasteiger partial charge in [-0.2, -0.15) is 0 Å². The molecule has 0 radical (unpaired) electrons. The van der Waals surface area contributed by atoms with Crippen molar-refractivity contribution in [3.8, 4) is 0 Å². The molecule has 2 N–H and O–H groups in total. The third kappa shape index (κ3) is 5.17. The lowest BCUT2D eigenvalue weighted by Crippen LogP contribution is -2.26. The first kappa shape index (κ1) is 17.6. The monoisotopic (exact) mass is 324 g/mol. The number of rotatable bonds is 5. The molecule has 0 bridgehead atoms. The van der Waals surface area contributed by atoms with Crippen molar-refractivity contribution < 1.29 is 9.72 Å². The molecule has 8 heteroatoms. The number of nitrogens with one attached hydrogen (secondary N) is 2. The number of carbonyl (C=O) groups is 1. The van der Waals surface area contributed by atoms with Crippen LogP contribution in [-0.2, 0) is 6.42 Å². The number of nitro groups is 1. The van der Waals surface area contributed by atoms with E-state index in [0.717, 1.165) is 11.6 Å². The van der Waals surface area contributed by atoms with Crippen LogP contribution in [0.1, 0.15) is 29.9 Å². The smallest absolute Gasteiger partial charge is 0.343 e. The topological polar surface area (TPSA) is 101 Å². The summed E-state index contributed by atoms with van der Waals surface area (Å²) in [5, 5.41) is 19.5. The number of benzene rings is 1. The Labute approximate surface area is 132 Å². The number of aromatic amines is 1. The van der Waals surface area contributed by atoms with Gasteiger partial charge in [0.2, 0.25) is 0 Å². The van der Waals surface area contributed by atoms with E-state index in [9.17, 15) is 14.9 Å². The van der Waals surface area contributed by atoms with Gasteiger partial charge in [0, 0.05) is 11.6 Å². The Bertz CT molecular complexity index is 625. The minimum atomic E-state index is -0.641. The van der Waals surface area contributed by atoms with Gasteiger partial charge in [-0.25, -0.2) is 0 Å². The highest BCUT2D eigenvalue weighted by molar-refractivity contribution is 6.30.